The van der Waals surface area contributed by atoms with Crippen molar-refractivity contribution in [2.24, 2.45) is 11.3 Å². The van der Waals surface area contributed by atoms with Crippen LogP contribution in [0.1, 0.15) is 58.4 Å². The van der Waals surface area contributed by atoms with Crippen LogP contribution in [0.4, 0.5) is 5.69 Å². The lowest BCUT2D eigenvalue weighted by atomic mass is 9.69. The highest BCUT2D eigenvalue weighted by Gasteiger charge is 2.31. The number of halogens is 1. The third kappa shape index (κ3) is 3.49. The van der Waals surface area contributed by atoms with Gasteiger partial charge in [0.2, 0.25) is 0 Å². The molecule has 1 aromatic carbocycles. The molecular weight excluding hydrogens is 266 g/mol. The first-order valence-corrected chi connectivity index (χ1v) is 8.33. The molecule has 0 bridgehead atoms. The van der Waals surface area contributed by atoms with Gasteiger partial charge in [-0.15, -0.1) is 0 Å². The smallest absolute Gasteiger partial charge is 0.0455 e. The zero-order valence-electron chi connectivity index (χ0n) is 13.3. The Bertz CT molecular complexity index is 445. The first-order valence-electron chi connectivity index (χ1n) is 7.95. The standard InChI is InChI=1S/C18H28ClN/c1-5-18(3,4)14-9-11-15(12-10-14)20-17-8-6-7-16(19)13(17)2/h6-8,14-15,20H,5,9-12H2,1-4H3. The molecule has 0 saturated heterocycles. The Balaban J connectivity index is 1.93. The van der Waals surface area contributed by atoms with Crippen LogP contribution in [0.3, 0.4) is 0 Å². The van der Waals surface area contributed by atoms with Gasteiger partial charge in [-0.25, -0.2) is 0 Å². The molecule has 0 heterocycles. The van der Waals surface area contributed by atoms with Gasteiger partial charge in [0.15, 0.2) is 0 Å². The van der Waals surface area contributed by atoms with E-state index in [2.05, 4.69) is 39.1 Å². The molecule has 20 heavy (non-hydrogen) atoms. The van der Waals surface area contributed by atoms with Crippen molar-refractivity contribution in [3.8, 4) is 0 Å². The highest BCUT2D eigenvalue weighted by molar-refractivity contribution is 6.31. The molecule has 2 rings (SSSR count). The molecule has 112 valence electrons. The summed E-state index contributed by atoms with van der Waals surface area (Å²) in [6.07, 6.45) is 6.53. The van der Waals surface area contributed by atoms with E-state index in [1.807, 2.05) is 12.1 Å². The monoisotopic (exact) mass is 293 g/mol. The molecule has 1 aromatic rings. The van der Waals surface area contributed by atoms with E-state index < -0.39 is 0 Å². The molecule has 1 saturated carbocycles. The van der Waals surface area contributed by atoms with E-state index >= 15 is 0 Å². The van der Waals surface area contributed by atoms with E-state index in [1.165, 1.54) is 43.4 Å². The summed E-state index contributed by atoms with van der Waals surface area (Å²) in [6.45, 7) is 9.26. The molecular formula is C18H28ClN. The van der Waals surface area contributed by atoms with Crippen LogP contribution in [0.5, 0.6) is 0 Å². The molecule has 2 heteroatoms. The average molecular weight is 294 g/mol. The van der Waals surface area contributed by atoms with E-state index in [9.17, 15) is 0 Å². The van der Waals surface area contributed by atoms with Gasteiger partial charge in [-0.3, -0.25) is 0 Å². The van der Waals surface area contributed by atoms with Gasteiger partial charge in [-0.05, 0) is 61.6 Å². The Kier molecular flexibility index (Phi) is 5.01. The summed E-state index contributed by atoms with van der Waals surface area (Å²) in [5, 5.41) is 4.55. The maximum absolute atomic E-state index is 6.19. The Morgan fingerprint density at radius 3 is 2.45 bits per heavy atom. The van der Waals surface area contributed by atoms with Gasteiger partial charge >= 0.3 is 0 Å². The zero-order valence-corrected chi connectivity index (χ0v) is 14.1. The largest absolute Gasteiger partial charge is 0.382 e. The predicted molar refractivity (Wildman–Crippen MR) is 89.6 cm³/mol. The van der Waals surface area contributed by atoms with Crippen molar-refractivity contribution in [3.05, 3.63) is 28.8 Å². The molecule has 0 spiro atoms. The van der Waals surface area contributed by atoms with Crippen LogP contribution in [0.15, 0.2) is 18.2 Å². The molecule has 1 nitrogen and oxygen atoms in total. The van der Waals surface area contributed by atoms with Gasteiger partial charge < -0.3 is 5.32 Å². The van der Waals surface area contributed by atoms with Gasteiger partial charge in [-0.2, -0.15) is 0 Å². The average Bonchev–Trinajstić information content (AvgIpc) is 2.44. The summed E-state index contributed by atoms with van der Waals surface area (Å²) in [6, 6.07) is 6.74. The summed E-state index contributed by atoms with van der Waals surface area (Å²) in [5.41, 5.74) is 2.87. The van der Waals surface area contributed by atoms with Crippen molar-refractivity contribution in [1.29, 1.82) is 0 Å². The second-order valence-corrected chi connectivity index (χ2v) is 7.35. The maximum Gasteiger partial charge on any atom is 0.0455 e. The van der Waals surface area contributed by atoms with E-state index in [0.717, 1.165) is 10.9 Å². The summed E-state index contributed by atoms with van der Waals surface area (Å²) >= 11 is 6.19. The van der Waals surface area contributed by atoms with E-state index in [-0.39, 0.29) is 0 Å². The molecule has 0 atom stereocenters. The Hall–Kier alpha value is -0.690. The fraction of sp³-hybridized carbons (Fsp3) is 0.667. The molecule has 1 aliphatic carbocycles. The second kappa shape index (κ2) is 6.39. The minimum Gasteiger partial charge on any atom is -0.382 e. The number of nitrogens with one attached hydrogen (secondary N) is 1. The minimum atomic E-state index is 0.497. The summed E-state index contributed by atoms with van der Waals surface area (Å²) < 4.78 is 0. The lowest BCUT2D eigenvalue weighted by Crippen LogP contribution is -2.32. The Morgan fingerprint density at radius 1 is 1.20 bits per heavy atom. The van der Waals surface area contributed by atoms with E-state index in [1.54, 1.807) is 0 Å². The molecule has 1 N–H and O–H groups in total. The quantitative estimate of drug-likeness (QED) is 0.712. The molecule has 1 fully saturated rings. The van der Waals surface area contributed by atoms with Crippen molar-refractivity contribution in [2.75, 3.05) is 5.32 Å². The number of anilines is 1. The van der Waals surface area contributed by atoms with Crippen molar-refractivity contribution < 1.29 is 0 Å². The fourth-order valence-corrected chi connectivity index (χ4v) is 3.47. The van der Waals surface area contributed by atoms with Crippen LogP contribution in [0.2, 0.25) is 5.02 Å². The molecule has 0 unspecified atom stereocenters. The number of hydrogen-bond acceptors (Lipinski definition) is 1. The third-order valence-corrected chi connectivity index (χ3v) is 5.78. The molecule has 0 aromatic heterocycles. The Labute approximate surface area is 129 Å². The van der Waals surface area contributed by atoms with Crippen LogP contribution < -0.4 is 5.32 Å². The maximum atomic E-state index is 6.19. The van der Waals surface area contributed by atoms with E-state index in [4.69, 9.17) is 11.6 Å². The fourth-order valence-electron chi connectivity index (χ4n) is 3.29. The van der Waals surface area contributed by atoms with Crippen LogP contribution in [0, 0.1) is 18.3 Å². The third-order valence-electron chi connectivity index (χ3n) is 5.37. The number of hydrogen-bond donors (Lipinski definition) is 1. The number of rotatable bonds is 4. The van der Waals surface area contributed by atoms with Gasteiger partial charge in [-0.1, -0.05) is 44.9 Å². The highest BCUT2D eigenvalue weighted by Crippen LogP contribution is 2.41. The highest BCUT2D eigenvalue weighted by atomic mass is 35.5. The van der Waals surface area contributed by atoms with Gasteiger partial charge in [0.25, 0.3) is 0 Å². The number of benzene rings is 1. The van der Waals surface area contributed by atoms with Gasteiger partial charge in [0.1, 0.15) is 0 Å². The topological polar surface area (TPSA) is 12.0 Å². The van der Waals surface area contributed by atoms with Crippen molar-refractivity contribution in [1.82, 2.24) is 0 Å². The van der Waals surface area contributed by atoms with E-state index in [0.29, 0.717) is 11.5 Å². The van der Waals surface area contributed by atoms with Crippen LogP contribution in [0.25, 0.3) is 0 Å². The summed E-state index contributed by atoms with van der Waals surface area (Å²) in [7, 11) is 0. The zero-order chi connectivity index (χ0) is 14.8. The van der Waals surface area contributed by atoms with Crippen molar-refractivity contribution in [2.45, 2.75) is 65.8 Å². The van der Waals surface area contributed by atoms with Gasteiger partial charge in [0.05, 0.1) is 0 Å². The van der Waals surface area contributed by atoms with Crippen LogP contribution >= 0.6 is 11.6 Å². The van der Waals surface area contributed by atoms with Crippen LogP contribution in [-0.2, 0) is 0 Å². The van der Waals surface area contributed by atoms with Crippen molar-refractivity contribution in [3.63, 3.8) is 0 Å². The molecule has 0 radical (unpaired) electrons. The van der Waals surface area contributed by atoms with Crippen LogP contribution in [-0.4, -0.2) is 6.04 Å². The minimum absolute atomic E-state index is 0.497. The summed E-state index contributed by atoms with van der Waals surface area (Å²) in [4.78, 5) is 0. The molecule has 0 amide bonds. The SMILES string of the molecule is CCC(C)(C)C1CCC(Nc2cccc(Cl)c2C)CC1. The molecule has 1 aliphatic rings. The first kappa shape index (κ1) is 15.7. The Morgan fingerprint density at radius 2 is 1.85 bits per heavy atom. The first-order chi connectivity index (χ1) is 9.44. The normalized spacial score (nSPS) is 23.6. The lowest BCUT2D eigenvalue weighted by Gasteiger charge is -2.39. The molecule has 0 aliphatic heterocycles. The lowest BCUT2D eigenvalue weighted by molar-refractivity contribution is 0.147. The second-order valence-electron chi connectivity index (χ2n) is 6.95. The summed E-state index contributed by atoms with van der Waals surface area (Å²) in [5.74, 6) is 0.881. The van der Waals surface area contributed by atoms with Gasteiger partial charge in [0, 0.05) is 16.8 Å². The van der Waals surface area contributed by atoms with Crippen molar-refractivity contribution >= 4 is 17.3 Å². The predicted octanol–water partition coefficient (Wildman–Crippen LogP) is 6.06.